The highest BCUT2D eigenvalue weighted by atomic mass is 19.4. The van der Waals surface area contributed by atoms with Crippen molar-refractivity contribution >= 4 is 17.0 Å². The average molecular weight is 402 g/mol. The van der Waals surface area contributed by atoms with Gasteiger partial charge in [0.15, 0.2) is 0 Å². The zero-order valence-corrected chi connectivity index (χ0v) is 15.6. The van der Waals surface area contributed by atoms with Gasteiger partial charge in [0.2, 0.25) is 5.95 Å². The Labute approximate surface area is 165 Å². The van der Waals surface area contributed by atoms with Crippen LogP contribution < -0.4 is 15.0 Å². The summed E-state index contributed by atoms with van der Waals surface area (Å²) in [5, 5.41) is 3.38. The molecule has 2 N–H and O–H groups in total. The summed E-state index contributed by atoms with van der Waals surface area (Å²) in [4.78, 5) is 10.4. The van der Waals surface area contributed by atoms with Crippen LogP contribution in [0.4, 0.5) is 19.1 Å². The predicted octanol–water partition coefficient (Wildman–Crippen LogP) is 3.93. The molecule has 2 atom stereocenters. The summed E-state index contributed by atoms with van der Waals surface area (Å²) in [5.74, 6) is 2.67. The maximum Gasteiger partial charge on any atom is 0.573 e. The zero-order valence-electron chi connectivity index (χ0n) is 15.6. The molecule has 3 aromatic rings. The maximum absolute atomic E-state index is 12.3. The highest BCUT2D eigenvalue weighted by Gasteiger charge is 2.55. The Bertz CT molecular complexity index is 973. The van der Waals surface area contributed by atoms with Crippen molar-refractivity contribution in [2.45, 2.75) is 12.9 Å². The first kappa shape index (κ1) is 18.3. The van der Waals surface area contributed by atoms with Gasteiger partial charge in [-0.05, 0) is 54.1 Å². The first-order chi connectivity index (χ1) is 14.0. The Morgan fingerprint density at radius 1 is 1.10 bits per heavy atom. The number of halogens is 3. The lowest BCUT2D eigenvalue weighted by Crippen LogP contribution is -2.28. The number of hydrogen-bond donors (Lipinski definition) is 2. The van der Waals surface area contributed by atoms with Crippen LogP contribution in [-0.4, -0.2) is 36.0 Å². The summed E-state index contributed by atoms with van der Waals surface area (Å²) in [6.45, 7) is 3.38. The number of hydrogen-bond acceptors (Lipinski definition) is 4. The first-order valence-electron chi connectivity index (χ1n) is 9.71. The van der Waals surface area contributed by atoms with Gasteiger partial charge in [0.05, 0.1) is 11.0 Å². The topological polar surface area (TPSA) is 53.2 Å². The molecule has 1 aliphatic heterocycles. The molecule has 1 saturated carbocycles. The van der Waals surface area contributed by atoms with Crippen LogP contribution in [-0.2, 0) is 6.54 Å². The smallest absolute Gasteiger partial charge is 0.406 e. The minimum Gasteiger partial charge on any atom is -0.406 e. The molecule has 152 valence electrons. The number of imidazole rings is 1. The molecule has 0 amide bonds. The molecule has 1 aromatic heterocycles. The first-order valence-corrected chi connectivity index (χ1v) is 9.71. The van der Waals surface area contributed by atoms with Gasteiger partial charge in [-0.2, -0.15) is 0 Å². The fourth-order valence-corrected chi connectivity index (χ4v) is 4.45. The number of rotatable bonds is 6. The zero-order chi connectivity index (χ0) is 20.0. The van der Waals surface area contributed by atoms with Crippen LogP contribution in [0.5, 0.6) is 5.75 Å². The number of para-hydroxylation sites is 2. The number of anilines is 1. The highest BCUT2D eigenvalue weighted by molar-refractivity contribution is 5.77. The normalized spacial score (nSPS) is 23.4. The van der Waals surface area contributed by atoms with E-state index >= 15 is 0 Å². The second kappa shape index (κ2) is 6.95. The van der Waals surface area contributed by atoms with Crippen molar-refractivity contribution in [1.82, 2.24) is 15.3 Å². The van der Waals surface area contributed by atoms with Gasteiger partial charge < -0.3 is 19.9 Å². The lowest BCUT2D eigenvalue weighted by molar-refractivity contribution is -0.274. The van der Waals surface area contributed by atoms with Crippen LogP contribution >= 0.6 is 0 Å². The second-order valence-corrected chi connectivity index (χ2v) is 7.80. The van der Waals surface area contributed by atoms with Crippen molar-refractivity contribution in [3.63, 3.8) is 0 Å². The van der Waals surface area contributed by atoms with Crippen LogP contribution in [0.25, 0.3) is 11.0 Å². The van der Waals surface area contributed by atoms with E-state index in [1.54, 1.807) is 12.1 Å². The number of ether oxygens (including phenoxy) is 1. The number of H-pyrrole nitrogens is 1. The molecule has 2 aliphatic rings. The Balaban J connectivity index is 1.10. The number of nitrogens with zero attached hydrogens (tertiary/aromatic N) is 2. The van der Waals surface area contributed by atoms with Crippen molar-refractivity contribution in [3.8, 4) is 5.75 Å². The van der Waals surface area contributed by atoms with Gasteiger partial charge in [-0.25, -0.2) is 4.98 Å². The summed E-state index contributed by atoms with van der Waals surface area (Å²) in [6.07, 6.45) is -4.66. The highest BCUT2D eigenvalue weighted by Crippen LogP contribution is 2.51. The minimum atomic E-state index is -4.66. The molecule has 1 saturated heterocycles. The standard InChI is InChI=1S/C21H21F3N4O/c22-21(23,24)29-14-5-3-4-13(8-14)9-25-10-15-16-11-28(12-17(15)16)20-26-18-6-1-2-7-19(18)27-20/h1-8,15-17,25H,9-12H2,(H,26,27). The molecule has 29 heavy (non-hydrogen) atoms. The molecular formula is C21H21F3N4O. The van der Waals surface area contributed by atoms with Crippen molar-refractivity contribution in [3.05, 3.63) is 54.1 Å². The maximum atomic E-state index is 12.3. The molecule has 2 fully saturated rings. The van der Waals surface area contributed by atoms with E-state index in [-0.39, 0.29) is 5.75 Å². The van der Waals surface area contributed by atoms with Crippen LogP contribution in [0.3, 0.4) is 0 Å². The van der Waals surface area contributed by atoms with E-state index in [4.69, 9.17) is 0 Å². The van der Waals surface area contributed by atoms with Crippen molar-refractivity contribution in [2.24, 2.45) is 17.8 Å². The molecule has 2 aromatic carbocycles. The van der Waals surface area contributed by atoms with E-state index < -0.39 is 6.36 Å². The van der Waals surface area contributed by atoms with Crippen molar-refractivity contribution in [2.75, 3.05) is 24.5 Å². The fraction of sp³-hybridized carbons (Fsp3) is 0.381. The van der Waals surface area contributed by atoms with Crippen molar-refractivity contribution in [1.29, 1.82) is 0 Å². The minimum absolute atomic E-state index is 0.179. The average Bonchev–Trinajstić information content (AvgIpc) is 3.04. The Kier molecular flexibility index (Phi) is 4.38. The van der Waals surface area contributed by atoms with Gasteiger partial charge in [0.1, 0.15) is 5.75 Å². The van der Waals surface area contributed by atoms with Crippen LogP contribution in [0.1, 0.15) is 5.56 Å². The van der Waals surface area contributed by atoms with E-state index in [1.165, 1.54) is 12.1 Å². The van der Waals surface area contributed by atoms with Gasteiger partial charge in [-0.15, -0.1) is 13.2 Å². The lowest BCUT2D eigenvalue weighted by atomic mass is 10.2. The van der Waals surface area contributed by atoms with E-state index in [2.05, 4.69) is 24.9 Å². The summed E-state index contributed by atoms with van der Waals surface area (Å²) >= 11 is 0. The van der Waals surface area contributed by atoms with Crippen LogP contribution in [0.2, 0.25) is 0 Å². The molecule has 1 aliphatic carbocycles. The third-order valence-corrected chi connectivity index (χ3v) is 5.89. The molecule has 2 heterocycles. The van der Waals surface area contributed by atoms with Gasteiger partial charge in [0.25, 0.3) is 0 Å². The molecule has 2 unspecified atom stereocenters. The van der Waals surface area contributed by atoms with Crippen LogP contribution in [0.15, 0.2) is 48.5 Å². The quantitative estimate of drug-likeness (QED) is 0.656. The number of fused-ring (bicyclic) bond motifs is 2. The third-order valence-electron chi connectivity index (χ3n) is 5.89. The summed E-state index contributed by atoms with van der Waals surface area (Å²) in [7, 11) is 0. The van der Waals surface area contributed by atoms with Gasteiger partial charge >= 0.3 is 6.36 Å². The van der Waals surface area contributed by atoms with Crippen molar-refractivity contribution < 1.29 is 17.9 Å². The van der Waals surface area contributed by atoms with E-state index in [0.717, 1.165) is 42.2 Å². The Morgan fingerprint density at radius 3 is 2.66 bits per heavy atom. The molecule has 0 bridgehead atoms. The molecule has 8 heteroatoms. The Hall–Kier alpha value is -2.74. The molecule has 0 spiro atoms. The van der Waals surface area contributed by atoms with Gasteiger partial charge in [-0.3, -0.25) is 0 Å². The number of alkyl halides is 3. The summed E-state index contributed by atoms with van der Waals surface area (Å²) in [5.41, 5.74) is 2.82. The third kappa shape index (κ3) is 3.89. The number of piperidine rings is 1. The lowest BCUT2D eigenvalue weighted by Gasteiger charge is -2.19. The number of aromatic amines is 1. The fourth-order valence-electron chi connectivity index (χ4n) is 4.45. The van der Waals surface area contributed by atoms with E-state index in [0.29, 0.717) is 24.3 Å². The molecule has 5 rings (SSSR count). The second-order valence-electron chi connectivity index (χ2n) is 7.80. The number of nitrogens with one attached hydrogen (secondary N) is 2. The number of aromatic nitrogens is 2. The summed E-state index contributed by atoms with van der Waals surface area (Å²) in [6, 6.07) is 14.1. The monoisotopic (exact) mass is 402 g/mol. The summed E-state index contributed by atoms with van der Waals surface area (Å²) < 4.78 is 41.0. The molecule has 0 radical (unpaired) electrons. The SMILES string of the molecule is FC(F)(F)Oc1cccc(CNCC2C3CN(c4nc5ccccc5[nH]4)CC23)c1. The number of benzene rings is 2. The van der Waals surface area contributed by atoms with Crippen LogP contribution in [0, 0.1) is 17.8 Å². The molecular weight excluding hydrogens is 381 g/mol. The molecule has 5 nitrogen and oxygen atoms in total. The van der Waals surface area contributed by atoms with E-state index in [9.17, 15) is 13.2 Å². The predicted molar refractivity (Wildman–Crippen MR) is 104 cm³/mol. The Morgan fingerprint density at radius 2 is 1.90 bits per heavy atom. The van der Waals surface area contributed by atoms with Gasteiger partial charge in [-0.1, -0.05) is 24.3 Å². The largest absolute Gasteiger partial charge is 0.573 e. The van der Waals surface area contributed by atoms with E-state index in [1.807, 2.05) is 24.3 Å². The van der Waals surface area contributed by atoms with Gasteiger partial charge in [0, 0.05) is 19.6 Å².